The molecule has 5 rings (SSSR count). The van der Waals surface area contributed by atoms with Crippen molar-refractivity contribution < 1.29 is 18.0 Å². The Bertz CT molecular complexity index is 1690. The summed E-state index contributed by atoms with van der Waals surface area (Å²) in [5.41, 5.74) is 7.81. The Balaban J connectivity index is 1.73. The lowest BCUT2D eigenvalue weighted by atomic mass is 9.96. The minimum absolute atomic E-state index is 0.170. The fraction of sp³-hybridized carbons (Fsp3) is 0.167. The van der Waals surface area contributed by atoms with Gasteiger partial charge in [0.1, 0.15) is 5.69 Å². The monoisotopic (exact) mass is 529 g/mol. The molecule has 0 unspecified atom stereocenters. The maximum absolute atomic E-state index is 14.1. The number of imidazole rings is 1. The van der Waals surface area contributed by atoms with Crippen LogP contribution in [0, 0.1) is 0 Å². The van der Waals surface area contributed by atoms with Crippen molar-refractivity contribution in [1.82, 2.24) is 14.5 Å². The van der Waals surface area contributed by atoms with Gasteiger partial charge in [0.15, 0.2) is 0 Å². The number of pyridine rings is 1. The van der Waals surface area contributed by atoms with Crippen molar-refractivity contribution in [3.05, 3.63) is 96.6 Å². The summed E-state index contributed by atoms with van der Waals surface area (Å²) in [6.45, 7) is 5.74. The number of nitrogens with two attached hydrogens (primary N) is 1. The Morgan fingerprint density at radius 3 is 2.33 bits per heavy atom. The van der Waals surface area contributed by atoms with Crippen LogP contribution in [0.1, 0.15) is 36.8 Å². The predicted molar refractivity (Wildman–Crippen MR) is 147 cm³/mol. The average Bonchev–Trinajstić information content (AvgIpc) is 3.37. The van der Waals surface area contributed by atoms with Gasteiger partial charge in [-0.15, -0.1) is 0 Å². The summed E-state index contributed by atoms with van der Waals surface area (Å²) in [7, 11) is 0. The highest BCUT2D eigenvalue weighted by Gasteiger charge is 2.34. The highest BCUT2D eigenvalue weighted by atomic mass is 19.4. The largest absolute Gasteiger partial charge is 0.433 e. The minimum Gasteiger partial charge on any atom is -0.380 e. The molecule has 0 radical (unpaired) electrons. The van der Waals surface area contributed by atoms with Crippen molar-refractivity contribution in [3.63, 3.8) is 0 Å². The summed E-state index contributed by atoms with van der Waals surface area (Å²) in [5.74, 6) is -0.638. The molecule has 0 fully saturated rings. The number of primary amides is 1. The molecule has 6 nitrogen and oxygen atoms in total. The van der Waals surface area contributed by atoms with Crippen LogP contribution in [-0.2, 0) is 6.18 Å². The van der Waals surface area contributed by atoms with Gasteiger partial charge in [-0.3, -0.25) is 4.79 Å². The Hall–Kier alpha value is -4.66. The number of anilines is 1. The van der Waals surface area contributed by atoms with Crippen LogP contribution in [0.4, 0.5) is 18.9 Å². The molecule has 0 bridgehead atoms. The first kappa shape index (κ1) is 26.0. The Kier molecular flexibility index (Phi) is 6.38. The molecule has 0 aliphatic carbocycles. The normalized spacial score (nSPS) is 12.1. The first-order valence-electron chi connectivity index (χ1n) is 12.2. The van der Waals surface area contributed by atoms with Gasteiger partial charge in [-0.05, 0) is 56.2 Å². The van der Waals surface area contributed by atoms with Crippen LogP contribution in [0.25, 0.3) is 39.0 Å². The summed E-state index contributed by atoms with van der Waals surface area (Å²) in [4.78, 5) is 20.6. The average molecular weight is 530 g/mol. The highest BCUT2D eigenvalue weighted by molar-refractivity contribution is 6.02. The first-order valence-corrected chi connectivity index (χ1v) is 12.2. The molecule has 0 spiro atoms. The van der Waals surface area contributed by atoms with Crippen LogP contribution >= 0.6 is 0 Å². The zero-order chi connectivity index (χ0) is 27.9. The summed E-state index contributed by atoms with van der Waals surface area (Å²) in [6.07, 6.45) is -1.36. The Labute approximate surface area is 223 Å². The van der Waals surface area contributed by atoms with Gasteiger partial charge >= 0.3 is 6.18 Å². The number of amides is 1. The molecule has 3 aromatic carbocycles. The van der Waals surface area contributed by atoms with E-state index in [4.69, 9.17) is 5.73 Å². The lowest BCUT2D eigenvalue weighted by Crippen LogP contribution is -2.28. The number of nitrogens with zero attached hydrogens (tertiary/aromatic N) is 3. The molecule has 9 heteroatoms. The Morgan fingerprint density at radius 2 is 1.67 bits per heavy atom. The van der Waals surface area contributed by atoms with E-state index < -0.39 is 23.3 Å². The van der Waals surface area contributed by atoms with E-state index in [9.17, 15) is 18.0 Å². The van der Waals surface area contributed by atoms with Gasteiger partial charge in [-0.2, -0.15) is 13.2 Å². The molecule has 2 heterocycles. The lowest BCUT2D eigenvalue weighted by Gasteiger charge is -2.24. The number of aromatic nitrogens is 3. The number of carbonyl (C=O) groups is 1. The molecule has 1 amide bonds. The number of alkyl halides is 3. The molecule has 0 aliphatic rings. The van der Waals surface area contributed by atoms with Crippen molar-refractivity contribution in [3.8, 4) is 28.1 Å². The molecule has 198 valence electrons. The first-order chi connectivity index (χ1) is 18.4. The SMILES string of the molecule is CC(C)(C)Nc1cc(-c2cc(C(F)(F)F)nc3c(-n4cnc(-c5ccccc5)c4)cccc23)ccc1C(N)=O. The maximum Gasteiger partial charge on any atom is 0.433 e. The molecule has 0 saturated heterocycles. The summed E-state index contributed by atoms with van der Waals surface area (Å²) in [5, 5.41) is 3.76. The van der Waals surface area contributed by atoms with Gasteiger partial charge in [0.2, 0.25) is 0 Å². The predicted octanol–water partition coefficient (Wildman–Crippen LogP) is 7.08. The standard InChI is InChI=1S/C30H26F3N5O/c1-29(2,3)37-23-14-19(12-13-21(23)28(34)39)22-15-26(30(31,32)33)36-27-20(22)10-7-11-25(27)38-16-24(35-17-38)18-8-5-4-6-9-18/h4-17,37H,1-3H3,(H2,34,39). The van der Waals surface area contributed by atoms with Crippen LogP contribution in [0.15, 0.2) is 85.3 Å². The van der Waals surface area contributed by atoms with Gasteiger partial charge in [0.05, 0.1) is 28.8 Å². The van der Waals surface area contributed by atoms with E-state index in [1.807, 2.05) is 51.1 Å². The quantitative estimate of drug-likeness (QED) is 0.255. The van der Waals surface area contributed by atoms with Crippen LogP contribution in [0.2, 0.25) is 0 Å². The van der Waals surface area contributed by atoms with E-state index in [2.05, 4.69) is 15.3 Å². The van der Waals surface area contributed by atoms with Gasteiger partial charge < -0.3 is 15.6 Å². The molecular formula is C30H26F3N5O. The van der Waals surface area contributed by atoms with E-state index in [0.717, 1.165) is 11.6 Å². The zero-order valence-electron chi connectivity index (χ0n) is 21.5. The lowest BCUT2D eigenvalue weighted by molar-refractivity contribution is -0.140. The number of carbonyl (C=O) groups excluding carboxylic acids is 1. The fourth-order valence-corrected chi connectivity index (χ4v) is 4.47. The molecule has 0 aliphatic heterocycles. The third-order valence-corrected chi connectivity index (χ3v) is 6.14. The van der Waals surface area contributed by atoms with Gasteiger partial charge in [-0.25, -0.2) is 9.97 Å². The van der Waals surface area contributed by atoms with Gasteiger partial charge in [-0.1, -0.05) is 48.5 Å². The fourth-order valence-electron chi connectivity index (χ4n) is 4.47. The molecule has 3 N–H and O–H groups in total. The molecule has 2 aromatic heterocycles. The van der Waals surface area contributed by atoms with Crippen LogP contribution in [-0.4, -0.2) is 26.0 Å². The number of nitrogens with one attached hydrogen (secondary N) is 1. The van der Waals surface area contributed by atoms with Crippen molar-refractivity contribution in [1.29, 1.82) is 0 Å². The zero-order valence-corrected chi connectivity index (χ0v) is 21.5. The number of halogens is 3. The van der Waals surface area contributed by atoms with Crippen LogP contribution < -0.4 is 11.1 Å². The number of hydrogen-bond acceptors (Lipinski definition) is 4. The molecule has 5 aromatic rings. The number of hydrogen-bond donors (Lipinski definition) is 2. The number of benzene rings is 3. The maximum atomic E-state index is 14.1. The second-order valence-electron chi connectivity index (χ2n) is 10.3. The van der Waals surface area contributed by atoms with Crippen LogP contribution in [0.3, 0.4) is 0 Å². The molecule has 0 saturated carbocycles. The number of para-hydroxylation sites is 1. The van der Waals surface area contributed by atoms with Crippen molar-refractivity contribution in [2.24, 2.45) is 5.73 Å². The van der Waals surface area contributed by atoms with E-state index in [0.29, 0.717) is 33.6 Å². The van der Waals surface area contributed by atoms with E-state index >= 15 is 0 Å². The topological polar surface area (TPSA) is 85.8 Å². The minimum atomic E-state index is -4.68. The molecule has 0 atom stereocenters. The van der Waals surface area contributed by atoms with E-state index in [1.165, 1.54) is 6.07 Å². The third kappa shape index (κ3) is 5.34. The highest BCUT2D eigenvalue weighted by Crippen LogP contribution is 2.38. The summed E-state index contributed by atoms with van der Waals surface area (Å²) < 4.78 is 43.9. The summed E-state index contributed by atoms with van der Waals surface area (Å²) >= 11 is 0. The third-order valence-electron chi connectivity index (χ3n) is 6.14. The number of rotatable bonds is 5. The molecule has 39 heavy (non-hydrogen) atoms. The second-order valence-corrected chi connectivity index (χ2v) is 10.3. The second kappa shape index (κ2) is 9.58. The smallest absolute Gasteiger partial charge is 0.380 e. The van der Waals surface area contributed by atoms with Crippen molar-refractivity contribution in [2.75, 3.05) is 5.32 Å². The Morgan fingerprint density at radius 1 is 0.923 bits per heavy atom. The van der Waals surface area contributed by atoms with Gasteiger partial charge in [0.25, 0.3) is 5.91 Å². The summed E-state index contributed by atoms with van der Waals surface area (Å²) in [6, 6.07) is 20.5. The van der Waals surface area contributed by atoms with E-state index in [1.54, 1.807) is 47.4 Å². The van der Waals surface area contributed by atoms with Crippen molar-refractivity contribution >= 4 is 22.5 Å². The van der Waals surface area contributed by atoms with Crippen molar-refractivity contribution in [2.45, 2.75) is 32.5 Å². The number of fused-ring (bicyclic) bond motifs is 1. The van der Waals surface area contributed by atoms with E-state index in [-0.39, 0.29) is 11.1 Å². The van der Waals surface area contributed by atoms with Crippen LogP contribution in [0.5, 0.6) is 0 Å². The molecular weight excluding hydrogens is 503 g/mol. The van der Waals surface area contributed by atoms with Gasteiger partial charge in [0, 0.05) is 28.4 Å².